The number of ether oxygens (including phenoxy) is 1. The van der Waals surface area contributed by atoms with Crippen LogP contribution in [0.3, 0.4) is 0 Å². The quantitative estimate of drug-likeness (QED) is 0.558. The Kier molecular flexibility index (Phi) is 6.58. The van der Waals surface area contributed by atoms with E-state index in [1.807, 2.05) is 24.3 Å². The number of nitrogens with one attached hydrogen (secondary N) is 1. The van der Waals surface area contributed by atoms with Gasteiger partial charge in [-0.05, 0) is 36.6 Å². The van der Waals surface area contributed by atoms with Crippen LogP contribution in [0.4, 0.5) is 0 Å². The van der Waals surface area contributed by atoms with Gasteiger partial charge in [-0.15, -0.1) is 11.3 Å². The smallest absolute Gasteiger partial charge is 0.252 e. The average molecular weight is 477 g/mol. The third-order valence-electron chi connectivity index (χ3n) is 5.31. The van der Waals surface area contributed by atoms with Gasteiger partial charge in [-0.25, -0.2) is 8.42 Å². The number of benzene rings is 1. The molecular formula is C21H24N4O5S2. The second-order valence-corrected chi connectivity index (χ2v) is 10.6. The third kappa shape index (κ3) is 4.84. The van der Waals surface area contributed by atoms with Crippen molar-refractivity contribution in [2.75, 3.05) is 20.2 Å². The molecule has 1 amide bonds. The molecule has 170 valence electrons. The first-order valence-corrected chi connectivity index (χ1v) is 12.5. The van der Waals surface area contributed by atoms with Crippen molar-refractivity contribution in [3.8, 4) is 17.1 Å². The second-order valence-electron chi connectivity index (χ2n) is 7.56. The van der Waals surface area contributed by atoms with Crippen LogP contribution < -0.4 is 10.1 Å². The molecule has 1 saturated heterocycles. The van der Waals surface area contributed by atoms with Gasteiger partial charge in [-0.3, -0.25) is 4.79 Å². The fourth-order valence-electron chi connectivity index (χ4n) is 3.60. The van der Waals surface area contributed by atoms with E-state index in [1.54, 1.807) is 25.5 Å². The predicted molar refractivity (Wildman–Crippen MR) is 119 cm³/mol. The minimum Gasteiger partial charge on any atom is -0.497 e. The van der Waals surface area contributed by atoms with Crippen molar-refractivity contribution in [3.63, 3.8) is 0 Å². The molecule has 9 nitrogen and oxygen atoms in total. The normalized spacial score (nSPS) is 17.2. The fraction of sp³-hybridized carbons (Fsp3) is 0.381. The number of methoxy groups -OCH3 is 1. The molecule has 11 heteroatoms. The molecule has 0 saturated carbocycles. The van der Waals surface area contributed by atoms with Crippen molar-refractivity contribution >= 4 is 27.3 Å². The molecule has 1 aliphatic heterocycles. The first-order chi connectivity index (χ1) is 15.4. The molecule has 32 heavy (non-hydrogen) atoms. The Labute approximate surface area is 190 Å². The van der Waals surface area contributed by atoms with Gasteiger partial charge in [0.1, 0.15) is 9.96 Å². The molecule has 1 aromatic carbocycles. The van der Waals surface area contributed by atoms with Crippen molar-refractivity contribution in [1.29, 1.82) is 0 Å². The number of hydrogen-bond donors (Lipinski definition) is 1. The number of nitrogens with zero attached hydrogens (tertiary/aromatic N) is 3. The minimum absolute atomic E-state index is 0.151. The number of hydrogen-bond acceptors (Lipinski definition) is 8. The summed E-state index contributed by atoms with van der Waals surface area (Å²) in [6.45, 7) is 2.57. The molecule has 0 radical (unpaired) electrons. The zero-order chi connectivity index (χ0) is 22.7. The van der Waals surface area contributed by atoms with Crippen LogP contribution in [0, 0.1) is 12.8 Å². The zero-order valence-electron chi connectivity index (χ0n) is 17.8. The van der Waals surface area contributed by atoms with Crippen molar-refractivity contribution < 1.29 is 22.5 Å². The Morgan fingerprint density at radius 1 is 1.38 bits per heavy atom. The van der Waals surface area contributed by atoms with Crippen LogP contribution in [-0.4, -0.2) is 49.0 Å². The van der Waals surface area contributed by atoms with Crippen LogP contribution >= 0.6 is 11.3 Å². The van der Waals surface area contributed by atoms with Crippen molar-refractivity contribution in [1.82, 2.24) is 19.8 Å². The highest BCUT2D eigenvalue weighted by molar-refractivity contribution is 7.91. The van der Waals surface area contributed by atoms with Gasteiger partial charge >= 0.3 is 0 Å². The molecule has 2 aromatic heterocycles. The lowest BCUT2D eigenvalue weighted by molar-refractivity contribution is -0.126. The molecule has 1 aliphatic rings. The van der Waals surface area contributed by atoms with Crippen LogP contribution in [0.25, 0.3) is 11.4 Å². The summed E-state index contributed by atoms with van der Waals surface area (Å²) in [4.78, 5) is 16.9. The van der Waals surface area contributed by atoms with Crippen LogP contribution in [-0.2, 0) is 21.4 Å². The molecule has 0 aliphatic carbocycles. The summed E-state index contributed by atoms with van der Waals surface area (Å²) >= 11 is 1.11. The van der Waals surface area contributed by atoms with Crippen LogP contribution in [0.15, 0.2) is 44.4 Å². The number of aryl methyl sites for hydroxylation is 1. The van der Waals surface area contributed by atoms with Gasteiger partial charge in [0, 0.05) is 37.5 Å². The molecule has 3 heterocycles. The van der Waals surface area contributed by atoms with E-state index in [1.165, 1.54) is 4.31 Å². The Balaban J connectivity index is 1.41. The lowest BCUT2D eigenvalue weighted by atomic mass is 9.99. The SMILES string of the molecule is COc1cccc(CNC(=O)[C@H]2CCCN(S(=O)(=O)c3cc(-c4noc(C)n4)cs3)C2)c1. The molecule has 0 unspecified atom stereocenters. The topological polar surface area (TPSA) is 115 Å². The fourth-order valence-corrected chi connectivity index (χ4v) is 6.44. The maximum Gasteiger partial charge on any atom is 0.252 e. The lowest BCUT2D eigenvalue weighted by Gasteiger charge is -2.30. The molecule has 1 N–H and O–H groups in total. The summed E-state index contributed by atoms with van der Waals surface area (Å²) in [7, 11) is -2.12. The highest BCUT2D eigenvalue weighted by Crippen LogP contribution is 2.31. The summed E-state index contributed by atoms with van der Waals surface area (Å²) in [5, 5.41) is 8.45. The van der Waals surface area contributed by atoms with Gasteiger partial charge in [0.05, 0.1) is 13.0 Å². The molecule has 1 fully saturated rings. The molecule has 1 atom stereocenters. The number of carbonyl (C=O) groups is 1. The van der Waals surface area contributed by atoms with Crippen molar-refractivity contribution in [3.05, 3.63) is 47.2 Å². The van der Waals surface area contributed by atoms with E-state index in [4.69, 9.17) is 9.26 Å². The van der Waals surface area contributed by atoms with E-state index in [9.17, 15) is 13.2 Å². The van der Waals surface area contributed by atoms with Gasteiger partial charge in [-0.1, -0.05) is 17.3 Å². The van der Waals surface area contributed by atoms with Crippen LogP contribution in [0.2, 0.25) is 0 Å². The summed E-state index contributed by atoms with van der Waals surface area (Å²) in [5.74, 6) is 0.936. The predicted octanol–water partition coefficient (Wildman–Crippen LogP) is 2.83. The number of carbonyl (C=O) groups excluding carboxylic acids is 1. The first-order valence-electron chi connectivity index (χ1n) is 10.2. The number of aromatic nitrogens is 2. The number of sulfonamides is 1. The van der Waals surface area contributed by atoms with E-state index in [0.29, 0.717) is 43.2 Å². The number of thiophene rings is 1. The van der Waals surface area contributed by atoms with Gasteiger partial charge in [-0.2, -0.15) is 9.29 Å². The van der Waals surface area contributed by atoms with E-state index in [2.05, 4.69) is 15.5 Å². The summed E-state index contributed by atoms with van der Waals surface area (Å²) in [6.07, 6.45) is 1.27. The maximum absolute atomic E-state index is 13.2. The van der Waals surface area contributed by atoms with Crippen LogP contribution in [0.1, 0.15) is 24.3 Å². The maximum atomic E-state index is 13.2. The highest BCUT2D eigenvalue weighted by Gasteiger charge is 2.34. The number of rotatable bonds is 7. The van der Waals surface area contributed by atoms with Gasteiger partial charge in [0.2, 0.25) is 17.6 Å². The summed E-state index contributed by atoms with van der Waals surface area (Å²) in [5.41, 5.74) is 1.51. The monoisotopic (exact) mass is 476 g/mol. The average Bonchev–Trinajstić information content (AvgIpc) is 3.47. The Morgan fingerprint density at radius 2 is 2.22 bits per heavy atom. The van der Waals surface area contributed by atoms with Crippen LogP contribution in [0.5, 0.6) is 5.75 Å². The van der Waals surface area contributed by atoms with E-state index >= 15 is 0 Å². The Hall–Kier alpha value is -2.76. The molecule has 3 aromatic rings. The summed E-state index contributed by atoms with van der Waals surface area (Å²) < 4.78 is 38.1. The zero-order valence-corrected chi connectivity index (χ0v) is 19.4. The summed E-state index contributed by atoms with van der Waals surface area (Å²) in [6, 6.07) is 9.01. The molecule has 0 spiro atoms. The molecule has 0 bridgehead atoms. The van der Waals surface area contributed by atoms with Crippen molar-refractivity contribution in [2.45, 2.75) is 30.5 Å². The highest BCUT2D eigenvalue weighted by atomic mass is 32.2. The largest absolute Gasteiger partial charge is 0.497 e. The van der Waals surface area contributed by atoms with E-state index in [-0.39, 0.29) is 16.7 Å². The molecular weight excluding hydrogens is 452 g/mol. The minimum atomic E-state index is -3.72. The number of amides is 1. The Morgan fingerprint density at radius 3 is 2.97 bits per heavy atom. The Bertz CT molecular complexity index is 1200. The number of piperidine rings is 1. The second kappa shape index (κ2) is 9.39. The van der Waals surface area contributed by atoms with Crippen molar-refractivity contribution in [2.24, 2.45) is 5.92 Å². The van der Waals surface area contributed by atoms with Gasteiger partial charge in [0.15, 0.2) is 0 Å². The van der Waals surface area contributed by atoms with E-state index < -0.39 is 15.9 Å². The lowest BCUT2D eigenvalue weighted by Crippen LogP contribution is -2.45. The molecule has 4 rings (SSSR count). The third-order valence-corrected chi connectivity index (χ3v) is 8.59. The standard InChI is InChI=1S/C21H24N4O5S2/c1-14-23-20(24-30-14)17-10-19(31-13-17)32(27,28)25-8-4-6-16(12-25)21(26)22-11-15-5-3-7-18(9-15)29-2/h3,5,7,9-10,13,16H,4,6,8,11-12H2,1-2H3,(H,22,26)/t16-/m0/s1. The first kappa shape index (κ1) is 22.4. The van der Waals surface area contributed by atoms with Gasteiger partial charge < -0.3 is 14.6 Å². The van der Waals surface area contributed by atoms with E-state index in [0.717, 1.165) is 22.6 Å². The van der Waals surface area contributed by atoms with Gasteiger partial charge in [0.25, 0.3) is 10.0 Å².